The van der Waals surface area contributed by atoms with Crippen molar-refractivity contribution in [3.05, 3.63) is 35.5 Å². The summed E-state index contributed by atoms with van der Waals surface area (Å²) in [4.78, 5) is 11.5. The lowest BCUT2D eigenvalue weighted by Gasteiger charge is -2.43. The molecule has 0 aromatic heterocycles. The Morgan fingerprint density at radius 2 is 1.94 bits per heavy atom. The van der Waals surface area contributed by atoms with Crippen LogP contribution in [0.3, 0.4) is 0 Å². The van der Waals surface area contributed by atoms with Crippen molar-refractivity contribution in [1.82, 2.24) is 0 Å². The van der Waals surface area contributed by atoms with Gasteiger partial charge in [0.1, 0.15) is 6.29 Å². The average Bonchev–Trinajstić information content (AvgIpc) is 3.05. The minimum Gasteiger partial charge on any atom is -0.410 e. The Morgan fingerprint density at radius 3 is 2.56 bits per heavy atom. The van der Waals surface area contributed by atoms with Crippen LogP contribution in [0.1, 0.15) is 79.6 Å². The molecular formula is C28H46O3Si. The lowest BCUT2D eigenvalue weighted by Crippen LogP contribution is -2.46. The second-order valence-corrected chi connectivity index (χ2v) is 17.3. The summed E-state index contributed by atoms with van der Waals surface area (Å²) in [6.45, 7) is 20.2. The van der Waals surface area contributed by atoms with Crippen LogP contribution in [0.2, 0.25) is 18.1 Å². The van der Waals surface area contributed by atoms with E-state index >= 15 is 0 Å². The Hall–Kier alpha value is -0.973. The second-order valence-electron chi connectivity index (χ2n) is 12.5. The molecule has 4 heteroatoms. The molecule has 3 aliphatic carbocycles. The molecule has 3 saturated carbocycles. The summed E-state index contributed by atoms with van der Waals surface area (Å²) in [6, 6.07) is 0. The van der Waals surface area contributed by atoms with Crippen LogP contribution in [0.5, 0.6) is 0 Å². The normalized spacial score (nSPS) is 37.6. The van der Waals surface area contributed by atoms with E-state index in [0.717, 1.165) is 30.3 Å². The van der Waals surface area contributed by atoms with Gasteiger partial charge >= 0.3 is 0 Å². The molecule has 0 saturated heterocycles. The SMILES string of the molecule is C=C1/C(=C/C=C2\CCC[C@]3(C)[C@@H]([C@H](C)C=O)CC[C@@H]23)C[C@@H](O)C[C@@H]1O[Si](C)(C)C(C)(C)C. The van der Waals surface area contributed by atoms with E-state index < -0.39 is 8.32 Å². The van der Waals surface area contributed by atoms with Gasteiger partial charge in [0.05, 0.1) is 12.2 Å². The molecule has 0 amide bonds. The van der Waals surface area contributed by atoms with Gasteiger partial charge in [-0.3, -0.25) is 0 Å². The van der Waals surface area contributed by atoms with Crippen LogP contribution < -0.4 is 0 Å². The summed E-state index contributed by atoms with van der Waals surface area (Å²) in [7, 11) is -1.94. The van der Waals surface area contributed by atoms with Crippen LogP contribution in [0.15, 0.2) is 35.5 Å². The predicted octanol–water partition coefficient (Wildman–Crippen LogP) is 6.99. The highest BCUT2D eigenvalue weighted by Gasteiger charge is 2.50. The molecule has 6 atom stereocenters. The van der Waals surface area contributed by atoms with Crippen molar-refractivity contribution < 1.29 is 14.3 Å². The molecule has 0 radical (unpaired) electrons. The molecule has 3 fully saturated rings. The second kappa shape index (κ2) is 9.35. The third kappa shape index (κ3) is 4.93. The molecule has 0 spiro atoms. The summed E-state index contributed by atoms with van der Waals surface area (Å²) in [5, 5.41) is 10.7. The standard InChI is InChI=1S/C28H46O3Si/c1-19(18-29)24-13-14-25-21(10-9-15-28(24,25)6)11-12-22-16-23(30)17-26(20(22)2)31-32(7,8)27(3,4)5/h11-12,18-19,23-26,30H,2,9-10,13-17H2,1,3-8H3/b21-11+,22-12+/t19-,23-,24-,25+,26+,28-/m1/s1. The molecule has 0 heterocycles. The predicted molar refractivity (Wildman–Crippen MR) is 136 cm³/mol. The molecule has 180 valence electrons. The van der Waals surface area contributed by atoms with E-state index in [1.54, 1.807) is 0 Å². The highest BCUT2D eigenvalue weighted by molar-refractivity contribution is 6.74. The number of hydrogen-bond donors (Lipinski definition) is 1. The monoisotopic (exact) mass is 458 g/mol. The number of carbonyl (C=O) groups excluding carboxylic acids is 1. The van der Waals surface area contributed by atoms with Crippen molar-refractivity contribution in [1.29, 1.82) is 0 Å². The number of rotatable bonds is 5. The first kappa shape index (κ1) is 25.6. The van der Waals surface area contributed by atoms with Gasteiger partial charge in [0.2, 0.25) is 0 Å². The number of aldehydes is 1. The van der Waals surface area contributed by atoms with Crippen molar-refractivity contribution in [2.75, 3.05) is 0 Å². The van der Waals surface area contributed by atoms with Crippen molar-refractivity contribution in [3.8, 4) is 0 Å². The van der Waals surface area contributed by atoms with E-state index in [1.807, 2.05) is 0 Å². The maximum atomic E-state index is 11.5. The van der Waals surface area contributed by atoms with E-state index in [4.69, 9.17) is 4.43 Å². The lowest BCUT2D eigenvalue weighted by molar-refractivity contribution is -0.113. The zero-order chi connectivity index (χ0) is 23.9. The smallest absolute Gasteiger partial charge is 0.192 e. The van der Waals surface area contributed by atoms with Crippen LogP contribution in [-0.2, 0) is 9.22 Å². The van der Waals surface area contributed by atoms with Gasteiger partial charge < -0.3 is 14.3 Å². The Kier molecular flexibility index (Phi) is 7.49. The Balaban J connectivity index is 1.81. The van der Waals surface area contributed by atoms with E-state index in [2.05, 4.69) is 66.4 Å². The number of allylic oxidation sites excluding steroid dienone is 3. The van der Waals surface area contributed by atoms with Crippen LogP contribution in [0, 0.1) is 23.2 Å². The highest BCUT2D eigenvalue weighted by atomic mass is 28.4. The van der Waals surface area contributed by atoms with Crippen LogP contribution in [0.25, 0.3) is 0 Å². The van der Waals surface area contributed by atoms with Crippen LogP contribution in [0.4, 0.5) is 0 Å². The number of fused-ring (bicyclic) bond motifs is 1. The maximum absolute atomic E-state index is 11.5. The van der Waals surface area contributed by atoms with Gasteiger partial charge in [-0.1, -0.05) is 58.9 Å². The van der Waals surface area contributed by atoms with Crippen molar-refractivity contribution in [2.45, 2.75) is 110 Å². The molecule has 3 nitrogen and oxygen atoms in total. The molecule has 1 N–H and O–H groups in total. The molecule has 0 aromatic carbocycles. The third-order valence-corrected chi connectivity index (χ3v) is 13.9. The highest BCUT2D eigenvalue weighted by Crippen LogP contribution is 2.59. The fourth-order valence-electron chi connectivity index (χ4n) is 6.34. The summed E-state index contributed by atoms with van der Waals surface area (Å²) < 4.78 is 6.67. The van der Waals surface area contributed by atoms with E-state index in [1.165, 1.54) is 24.8 Å². The fraction of sp³-hybridized carbons (Fsp3) is 0.750. The zero-order valence-corrected chi connectivity index (χ0v) is 22.5. The maximum Gasteiger partial charge on any atom is 0.192 e. The number of aliphatic hydroxyl groups is 1. The molecular weight excluding hydrogens is 412 g/mol. The molecule has 3 aliphatic rings. The van der Waals surface area contributed by atoms with E-state index in [-0.39, 0.29) is 28.6 Å². The first-order valence-corrected chi connectivity index (χ1v) is 15.6. The van der Waals surface area contributed by atoms with Crippen LogP contribution in [-0.4, -0.2) is 31.9 Å². The quantitative estimate of drug-likeness (QED) is 0.357. The van der Waals surface area contributed by atoms with Gasteiger partial charge in [-0.2, -0.15) is 0 Å². The minimum atomic E-state index is -1.94. The average molecular weight is 459 g/mol. The zero-order valence-electron chi connectivity index (χ0n) is 21.5. The first-order chi connectivity index (χ1) is 14.8. The molecule has 0 unspecified atom stereocenters. The van der Waals surface area contributed by atoms with Crippen molar-refractivity contribution >= 4 is 14.6 Å². The van der Waals surface area contributed by atoms with E-state index in [0.29, 0.717) is 24.7 Å². The van der Waals surface area contributed by atoms with Crippen molar-refractivity contribution in [3.63, 3.8) is 0 Å². The van der Waals surface area contributed by atoms with Gasteiger partial charge in [-0.15, -0.1) is 0 Å². The summed E-state index contributed by atoms with van der Waals surface area (Å²) in [5.41, 5.74) is 3.96. The van der Waals surface area contributed by atoms with Gasteiger partial charge in [-0.25, -0.2) is 0 Å². The lowest BCUT2D eigenvalue weighted by atomic mass is 9.61. The molecule has 0 aromatic rings. The Bertz CT molecular complexity index is 787. The Morgan fingerprint density at radius 1 is 1.25 bits per heavy atom. The molecule has 0 aliphatic heterocycles. The number of carbonyl (C=O) groups is 1. The number of aliphatic hydroxyl groups excluding tert-OH is 1. The first-order valence-electron chi connectivity index (χ1n) is 12.7. The van der Waals surface area contributed by atoms with E-state index in [9.17, 15) is 9.90 Å². The van der Waals surface area contributed by atoms with Crippen molar-refractivity contribution in [2.24, 2.45) is 23.2 Å². The summed E-state index contributed by atoms with van der Waals surface area (Å²) in [6.07, 6.45) is 12.5. The number of hydrogen-bond acceptors (Lipinski definition) is 3. The van der Waals surface area contributed by atoms with Gasteiger partial charge in [0, 0.05) is 12.3 Å². The summed E-state index contributed by atoms with van der Waals surface area (Å²) >= 11 is 0. The molecule has 32 heavy (non-hydrogen) atoms. The topological polar surface area (TPSA) is 46.5 Å². The summed E-state index contributed by atoms with van der Waals surface area (Å²) in [5.74, 6) is 1.21. The minimum absolute atomic E-state index is 0.0924. The van der Waals surface area contributed by atoms with Crippen LogP contribution >= 0.6 is 0 Å². The molecule has 3 rings (SSSR count). The third-order valence-electron chi connectivity index (χ3n) is 9.37. The Labute approximate surface area is 197 Å². The van der Waals surface area contributed by atoms with Gasteiger partial charge in [-0.05, 0) is 85.1 Å². The van der Waals surface area contributed by atoms with Gasteiger partial charge in [0.15, 0.2) is 8.32 Å². The fourth-order valence-corrected chi connectivity index (χ4v) is 7.64. The van der Waals surface area contributed by atoms with Gasteiger partial charge in [0.25, 0.3) is 0 Å². The largest absolute Gasteiger partial charge is 0.410 e. The molecule has 0 bridgehead atoms.